The van der Waals surface area contributed by atoms with Crippen molar-refractivity contribution < 1.29 is 24.2 Å². The van der Waals surface area contributed by atoms with Gasteiger partial charge in [-0.3, -0.25) is 14.4 Å². The molecule has 1 spiro atoms. The molecule has 1 N–H and O–H groups in total. The van der Waals surface area contributed by atoms with Crippen LogP contribution in [0.25, 0.3) is 0 Å². The number of rotatable bonds is 12. The van der Waals surface area contributed by atoms with Gasteiger partial charge in [0.2, 0.25) is 11.8 Å². The van der Waals surface area contributed by atoms with E-state index in [4.69, 9.17) is 4.74 Å². The molecule has 3 rings (SSSR count). The quantitative estimate of drug-likeness (QED) is 0.264. The first kappa shape index (κ1) is 25.8. The Morgan fingerprint density at radius 3 is 2.64 bits per heavy atom. The summed E-state index contributed by atoms with van der Waals surface area (Å²) < 4.78 is 4.49. The zero-order valence-corrected chi connectivity index (χ0v) is 20.9. The van der Waals surface area contributed by atoms with Crippen LogP contribution >= 0.6 is 11.8 Å². The molecule has 0 aromatic rings. The van der Waals surface area contributed by atoms with Gasteiger partial charge in [-0.1, -0.05) is 12.2 Å². The maximum absolute atomic E-state index is 14.0. The molecule has 7 nitrogen and oxygen atoms in total. The lowest BCUT2D eigenvalue weighted by molar-refractivity contribution is -0.155. The Labute approximate surface area is 201 Å². The number of aliphatic hydroxyl groups is 1. The van der Waals surface area contributed by atoms with Gasteiger partial charge < -0.3 is 19.6 Å². The molecular formula is C25H38N2O5S. The summed E-state index contributed by atoms with van der Waals surface area (Å²) >= 11 is 1.65. The van der Waals surface area contributed by atoms with Gasteiger partial charge in [-0.05, 0) is 52.9 Å². The number of aliphatic hydroxyl groups excluding tert-OH is 1. The number of esters is 1. The lowest BCUT2D eigenvalue weighted by atomic mass is 9.66. The molecule has 2 amide bonds. The van der Waals surface area contributed by atoms with Crippen LogP contribution in [0.2, 0.25) is 0 Å². The Morgan fingerprint density at radius 2 is 2.03 bits per heavy atom. The zero-order chi connectivity index (χ0) is 24.4. The first-order valence-electron chi connectivity index (χ1n) is 12.0. The summed E-state index contributed by atoms with van der Waals surface area (Å²) in [7, 11) is 0. The molecule has 0 aromatic heterocycles. The van der Waals surface area contributed by atoms with Gasteiger partial charge in [-0.25, -0.2) is 0 Å². The van der Waals surface area contributed by atoms with E-state index in [1.54, 1.807) is 33.7 Å². The number of ether oxygens (including phenoxy) is 1. The summed E-state index contributed by atoms with van der Waals surface area (Å²) in [4.78, 5) is 44.5. The van der Waals surface area contributed by atoms with Gasteiger partial charge in [0.15, 0.2) is 0 Å². The number of thioether (sulfide) groups is 1. The number of carbonyl (C=O) groups is 3. The van der Waals surface area contributed by atoms with E-state index in [-0.39, 0.29) is 37.0 Å². The average Bonchev–Trinajstić information content (AvgIpc) is 3.33. The summed E-state index contributed by atoms with van der Waals surface area (Å²) in [5.74, 6) is -1.70. The highest BCUT2D eigenvalue weighted by Crippen LogP contribution is 2.71. The van der Waals surface area contributed by atoms with Crippen molar-refractivity contribution >= 4 is 29.5 Å². The van der Waals surface area contributed by atoms with Crippen LogP contribution in [0, 0.1) is 11.8 Å². The standard InChI is InChI=1S/C25H38N2O5S/c1-6-8-16-32-23(31)19-18-21(29)27(14-9-10-15-28)20(22(30)26(13-7-2)17(3)4)25(18)12-11-24(19,5)33-25/h6-7,17-20,28H,1-2,8-16H2,3-5H3/t18-,19+,20?,24-,25?/m0/s1. The summed E-state index contributed by atoms with van der Waals surface area (Å²) in [6, 6.07) is -0.673. The van der Waals surface area contributed by atoms with Gasteiger partial charge in [0.25, 0.3) is 0 Å². The molecule has 2 unspecified atom stereocenters. The molecule has 3 aliphatic heterocycles. The molecule has 8 heteroatoms. The molecule has 3 heterocycles. The van der Waals surface area contributed by atoms with E-state index < -0.39 is 27.4 Å². The number of carbonyl (C=O) groups excluding carboxylic acids is 3. The third-order valence-electron chi connectivity index (χ3n) is 7.37. The minimum absolute atomic E-state index is 0.0366. The van der Waals surface area contributed by atoms with Crippen LogP contribution < -0.4 is 0 Å². The van der Waals surface area contributed by atoms with Crippen LogP contribution in [0.4, 0.5) is 0 Å². The summed E-state index contributed by atoms with van der Waals surface area (Å²) in [6.45, 7) is 14.5. The molecule has 5 atom stereocenters. The number of hydrogen-bond donors (Lipinski definition) is 1. The van der Waals surface area contributed by atoms with E-state index in [0.717, 1.165) is 6.42 Å². The largest absolute Gasteiger partial charge is 0.465 e. The van der Waals surface area contributed by atoms with E-state index in [2.05, 4.69) is 13.2 Å². The van der Waals surface area contributed by atoms with Crippen molar-refractivity contribution in [1.82, 2.24) is 9.80 Å². The molecule has 3 aliphatic rings. The molecule has 0 saturated carbocycles. The Morgan fingerprint density at radius 1 is 1.30 bits per heavy atom. The van der Waals surface area contributed by atoms with Gasteiger partial charge in [0.05, 0.1) is 23.2 Å². The van der Waals surface area contributed by atoms with Gasteiger partial charge >= 0.3 is 5.97 Å². The van der Waals surface area contributed by atoms with Crippen LogP contribution in [0.3, 0.4) is 0 Å². The van der Waals surface area contributed by atoms with Gasteiger partial charge in [0, 0.05) is 30.5 Å². The van der Waals surface area contributed by atoms with Crippen LogP contribution in [0.15, 0.2) is 25.3 Å². The topological polar surface area (TPSA) is 87.1 Å². The molecule has 0 aromatic carbocycles. The molecular weight excluding hydrogens is 440 g/mol. The fraction of sp³-hybridized carbons (Fsp3) is 0.720. The fourth-order valence-electron chi connectivity index (χ4n) is 5.88. The van der Waals surface area contributed by atoms with Crippen molar-refractivity contribution in [2.75, 3.05) is 26.3 Å². The zero-order valence-electron chi connectivity index (χ0n) is 20.1. The second-order valence-electron chi connectivity index (χ2n) is 9.81. The molecule has 33 heavy (non-hydrogen) atoms. The summed E-state index contributed by atoms with van der Waals surface area (Å²) in [5, 5.41) is 9.27. The molecule has 3 saturated heterocycles. The van der Waals surface area contributed by atoms with Crippen LogP contribution in [-0.4, -0.2) is 80.6 Å². The normalized spacial score (nSPS) is 32.2. The number of likely N-dealkylation sites (tertiary alicyclic amines) is 1. The lowest BCUT2D eigenvalue weighted by Gasteiger charge is -2.38. The number of unbranched alkanes of at least 4 members (excludes halogenated alkanes) is 1. The third kappa shape index (κ3) is 4.36. The first-order valence-corrected chi connectivity index (χ1v) is 12.8. The van der Waals surface area contributed by atoms with Gasteiger partial charge in [0.1, 0.15) is 6.04 Å². The van der Waals surface area contributed by atoms with Gasteiger partial charge in [-0.2, -0.15) is 0 Å². The Kier molecular flexibility index (Phi) is 7.99. The molecule has 2 bridgehead atoms. The van der Waals surface area contributed by atoms with Crippen molar-refractivity contribution in [3.05, 3.63) is 25.3 Å². The van der Waals surface area contributed by atoms with E-state index >= 15 is 0 Å². The highest BCUT2D eigenvalue weighted by Gasteiger charge is 2.77. The average molecular weight is 479 g/mol. The second kappa shape index (κ2) is 10.2. The van der Waals surface area contributed by atoms with E-state index in [1.807, 2.05) is 20.8 Å². The highest BCUT2D eigenvalue weighted by atomic mass is 32.2. The van der Waals surface area contributed by atoms with Crippen LogP contribution in [0.5, 0.6) is 0 Å². The number of nitrogens with zero attached hydrogens (tertiary/aromatic N) is 2. The molecule has 0 aliphatic carbocycles. The number of fused-ring (bicyclic) bond motifs is 1. The van der Waals surface area contributed by atoms with E-state index in [0.29, 0.717) is 38.8 Å². The van der Waals surface area contributed by atoms with Crippen molar-refractivity contribution in [1.29, 1.82) is 0 Å². The molecule has 0 radical (unpaired) electrons. The van der Waals surface area contributed by atoms with Crippen molar-refractivity contribution in [3.8, 4) is 0 Å². The van der Waals surface area contributed by atoms with E-state index in [1.165, 1.54) is 0 Å². The van der Waals surface area contributed by atoms with E-state index in [9.17, 15) is 19.5 Å². The predicted octanol–water partition coefficient (Wildman–Crippen LogP) is 2.78. The SMILES string of the molecule is C=CCCOC(=O)[C@H]1[C@H]2C(=O)N(CCCCO)C(C(=O)N(CC=C)C(C)C)C23CC[C@]1(C)S3. The van der Waals surface area contributed by atoms with Crippen molar-refractivity contribution in [2.45, 2.75) is 74.5 Å². The minimum atomic E-state index is -0.640. The maximum atomic E-state index is 14.0. The van der Waals surface area contributed by atoms with Crippen LogP contribution in [0.1, 0.15) is 52.9 Å². The van der Waals surface area contributed by atoms with Crippen molar-refractivity contribution in [3.63, 3.8) is 0 Å². The van der Waals surface area contributed by atoms with Gasteiger partial charge in [-0.15, -0.1) is 24.9 Å². The lowest BCUT2D eigenvalue weighted by Crippen LogP contribution is -2.56. The number of hydrogen-bond acceptors (Lipinski definition) is 6. The summed E-state index contributed by atoms with van der Waals surface area (Å²) in [5.41, 5.74) is 0. The Bertz CT molecular complexity index is 802. The van der Waals surface area contributed by atoms with Crippen LogP contribution in [-0.2, 0) is 19.1 Å². The summed E-state index contributed by atoms with van der Waals surface area (Å²) in [6.07, 6.45) is 6.61. The fourth-order valence-corrected chi connectivity index (χ4v) is 8.22. The Balaban J connectivity index is 2.00. The monoisotopic (exact) mass is 478 g/mol. The number of amides is 2. The first-order chi connectivity index (χ1) is 15.7. The highest BCUT2D eigenvalue weighted by molar-refractivity contribution is 8.02. The smallest absolute Gasteiger partial charge is 0.311 e. The molecule has 3 fully saturated rings. The van der Waals surface area contributed by atoms with Crippen molar-refractivity contribution in [2.24, 2.45) is 11.8 Å². The second-order valence-corrected chi connectivity index (χ2v) is 11.7. The molecule has 184 valence electrons. The Hall–Kier alpha value is -1.80. The maximum Gasteiger partial charge on any atom is 0.311 e. The third-order valence-corrected chi connectivity index (χ3v) is 9.36. The minimum Gasteiger partial charge on any atom is -0.465 e. The predicted molar refractivity (Wildman–Crippen MR) is 130 cm³/mol.